The number of para-hydroxylation sites is 1. The minimum atomic E-state index is -1.09. The zero-order valence-corrected chi connectivity index (χ0v) is 85.3. The van der Waals surface area contributed by atoms with Crippen molar-refractivity contribution >= 4 is 81.7 Å². The second kappa shape index (κ2) is 54.6. The number of fused-ring (bicyclic) bond motifs is 8. The zero-order valence-electron chi connectivity index (χ0n) is 85.3. The maximum atomic E-state index is 15.0. The van der Waals surface area contributed by atoms with E-state index < -0.39 is 52.0 Å². The van der Waals surface area contributed by atoms with E-state index >= 15 is 4.79 Å². The molecule has 141 heavy (non-hydrogen) atoms. The Morgan fingerprint density at radius 2 is 1.10 bits per heavy atom. The lowest BCUT2D eigenvalue weighted by molar-refractivity contribution is -0.869. The van der Waals surface area contributed by atoms with E-state index in [1.165, 1.54) is 5.56 Å². The number of nitrogens with two attached hydrogens (primary N) is 1. The Balaban J connectivity index is 0.609. The number of carbonyl (C=O) groups excluding carboxylic acids is 10. The van der Waals surface area contributed by atoms with Crippen LogP contribution in [0.3, 0.4) is 0 Å². The summed E-state index contributed by atoms with van der Waals surface area (Å²) in [6.07, 6.45) is 12.7. The van der Waals surface area contributed by atoms with Crippen molar-refractivity contribution < 1.29 is 100 Å². The van der Waals surface area contributed by atoms with Crippen LogP contribution in [0.4, 0.5) is 11.4 Å². The number of hydrazine groups is 3. The minimum Gasteiger partial charge on any atom is -0.508 e. The number of Topliss-reactive ketones (excluding diaryl/α,β-unsaturated/α-hetero) is 1. The molecule has 35 nitrogen and oxygen atoms in total. The summed E-state index contributed by atoms with van der Waals surface area (Å²) >= 11 is 0. The van der Waals surface area contributed by atoms with Crippen LogP contribution in [-0.2, 0) is 121 Å². The largest absolute Gasteiger partial charge is 0.508 e. The van der Waals surface area contributed by atoms with Crippen LogP contribution in [0, 0.1) is 34.5 Å². The fourth-order valence-corrected chi connectivity index (χ4v) is 21.6. The molecule has 35 heteroatoms. The number of ketones is 1. The Hall–Kier alpha value is -10.0. The highest BCUT2D eigenvalue weighted by Crippen LogP contribution is 2.60. The molecule has 10 atom stereocenters. The third kappa shape index (κ3) is 31.3. The lowest BCUT2D eigenvalue weighted by Gasteiger charge is -2.56. The molecule has 0 bridgehead atoms. The van der Waals surface area contributed by atoms with Crippen molar-refractivity contribution in [2.75, 3.05) is 183 Å². The van der Waals surface area contributed by atoms with E-state index in [2.05, 4.69) is 93.9 Å². The number of allylic oxidation sites excluding steroid dienone is 1. The van der Waals surface area contributed by atoms with E-state index in [0.717, 1.165) is 132 Å². The number of imide groups is 1. The van der Waals surface area contributed by atoms with Crippen LogP contribution < -0.4 is 69.7 Å². The second-order valence-electron chi connectivity index (χ2n) is 40.9. The van der Waals surface area contributed by atoms with E-state index in [4.69, 9.17) is 48.5 Å². The maximum absolute atomic E-state index is 15.0. The summed E-state index contributed by atoms with van der Waals surface area (Å²) in [4.78, 5) is 141. The first-order valence-corrected chi connectivity index (χ1v) is 51.3. The molecule has 778 valence electrons. The Morgan fingerprint density at radius 1 is 0.539 bits per heavy atom. The van der Waals surface area contributed by atoms with Gasteiger partial charge < -0.3 is 105 Å². The van der Waals surface area contributed by atoms with Gasteiger partial charge in [0.25, 0.3) is 0 Å². The molecular weight excluding hydrogens is 1800 g/mol. The summed E-state index contributed by atoms with van der Waals surface area (Å²) in [6.45, 7) is 21.3. The molecule has 4 aromatic rings. The van der Waals surface area contributed by atoms with Gasteiger partial charge in [-0.3, -0.25) is 64.1 Å². The molecule has 0 radical (unpaired) electrons. The van der Waals surface area contributed by atoms with Crippen molar-refractivity contribution in [3.63, 3.8) is 0 Å². The highest BCUT2D eigenvalue weighted by atomic mass is 16.6. The fourth-order valence-electron chi connectivity index (χ4n) is 21.6. The number of quaternary nitrogens is 1. The molecule has 4 aromatic carbocycles. The number of nitrogens with one attached hydrogen (secondary N) is 11. The van der Waals surface area contributed by atoms with Crippen molar-refractivity contribution in [1.29, 1.82) is 0 Å². The Kier molecular flexibility index (Phi) is 43.1. The fraction of sp³-hybridized carbons (Fsp3) is 0.642. The number of ether oxygens (including phenoxy) is 9. The highest BCUT2D eigenvalue weighted by molar-refractivity contribution is 6.03. The van der Waals surface area contributed by atoms with Crippen molar-refractivity contribution in [2.24, 2.45) is 40.3 Å². The van der Waals surface area contributed by atoms with E-state index in [0.29, 0.717) is 135 Å². The van der Waals surface area contributed by atoms with Gasteiger partial charge >= 0.3 is 0 Å². The molecule has 11 rings (SSSR count). The average molecular weight is 1960 g/mol. The number of phenols is 1. The number of amides is 9. The third-order valence-electron chi connectivity index (χ3n) is 29.4. The van der Waals surface area contributed by atoms with Crippen LogP contribution in [0.2, 0.25) is 0 Å². The molecule has 0 spiro atoms. The predicted octanol–water partition coefficient (Wildman–Crippen LogP) is 8.77. The number of unbranched alkanes of at least 4 members (excludes halogenated alkanes) is 1. The first-order chi connectivity index (χ1) is 67.8. The number of carbonyl (C=O) groups is 10. The Morgan fingerprint density at radius 3 is 1.72 bits per heavy atom. The third-order valence-corrected chi connectivity index (χ3v) is 29.4. The zero-order chi connectivity index (χ0) is 101. The van der Waals surface area contributed by atoms with Crippen LogP contribution in [0.1, 0.15) is 222 Å². The molecule has 7 aliphatic rings. The van der Waals surface area contributed by atoms with Crippen LogP contribution in [0.5, 0.6) is 5.75 Å². The van der Waals surface area contributed by atoms with Gasteiger partial charge in [0.15, 0.2) is 5.78 Å². The van der Waals surface area contributed by atoms with E-state index in [1.54, 1.807) is 17.9 Å². The van der Waals surface area contributed by atoms with Crippen LogP contribution >= 0.6 is 0 Å². The van der Waals surface area contributed by atoms with Gasteiger partial charge in [0.2, 0.25) is 53.2 Å². The summed E-state index contributed by atoms with van der Waals surface area (Å²) in [5.74, 6) is 1.83. The Labute approximate surface area is 832 Å². The average Bonchev–Trinajstić information content (AvgIpc) is 0.721. The summed E-state index contributed by atoms with van der Waals surface area (Å²) in [5, 5.41) is 36.6. The van der Waals surface area contributed by atoms with Crippen LogP contribution in [0.25, 0.3) is 11.4 Å². The predicted molar refractivity (Wildman–Crippen MR) is 537 cm³/mol. The minimum absolute atomic E-state index is 0.0131. The molecular formula is C106H160N15O20+. The van der Waals surface area contributed by atoms with Gasteiger partial charge in [-0.05, 0) is 177 Å². The van der Waals surface area contributed by atoms with Crippen LogP contribution in [-0.4, -0.2) is 265 Å². The van der Waals surface area contributed by atoms with Gasteiger partial charge in [0.1, 0.15) is 24.5 Å². The van der Waals surface area contributed by atoms with Crippen molar-refractivity contribution in [3.05, 3.63) is 135 Å². The SMILES string of the molecule is CN/C1=C(\NN)c2ccccc2N(C(=O)CCC(=O)NCCOCCOCCOCCOCCC(=O)N[C@H](CCCCNC(=O)COC2CCCCCC3=C2NNN3CCOCCOCCOCCOCCC(=O)NCC[N+](C)(C)C)C(=O)N[C@H](C(=O)C[C@@H](C)C(=O)Nc2ccc3c(c2)[C@@]2(C)CCC[C@](C)(C(=O)NC(=O)[C@@]4(C)CCC[C@]5(C)c6cc(O)ccc6CC[C@@H]45)[C@@H]2CC3)C(C)C)Cc2ccccc21. The number of hydrogen-bond donors (Lipinski definition) is 13. The van der Waals surface area contributed by atoms with Gasteiger partial charge in [-0.15, -0.1) is 5.53 Å². The molecule has 2 heterocycles. The number of phenolic OH excluding ortho intramolecular Hbond substituents is 1. The number of nitrogens with zero attached hydrogens (tertiary/aromatic N) is 3. The van der Waals surface area contributed by atoms with E-state index in [9.17, 15) is 48.3 Å². The Bertz CT molecular complexity index is 4910. The summed E-state index contributed by atoms with van der Waals surface area (Å²) in [7, 11) is 8.07. The lowest BCUT2D eigenvalue weighted by atomic mass is 9.49. The number of anilines is 2. The van der Waals surface area contributed by atoms with Gasteiger partial charge in [-0.1, -0.05) is 129 Å². The summed E-state index contributed by atoms with van der Waals surface area (Å²) < 4.78 is 52.7. The number of aromatic hydroxyl groups is 1. The topological polar surface area (TPSA) is 439 Å². The highest BCUT2D eigenvalue weighted by Gasteiger charge is 2.59. The molecule has 2 fully saturated rings. The number of rotatable bonds is 57. The first kappa shape index (κ1) is 111. The van der Waals surface area contributed by atoms with Crippen molar-refractivity contribution in [1.82, 2.24) is 58.6 Å². The smallest absolute Gasteiger partial charge is 0.246 e. The molecule has 1 unspecified atom stereocenters. The summed E-state index contributed by atoms with van der Waals surface area (Å²) in [6, 6.07) is 24.7. The van der Waals surface area contributed by atoms with Gasteiger partial charge in [0.05, 0.1) is 198 Å². The van der Waals surface area contributed by atoms with Gasteiger partial charge in [-0.25, -0.2) is 0 Å². The monoisotopic (exact) mass is 1960 g/mol. The molecule has 0 aromatic heterocycles. The molecule has 14 N–H and O–H groups in total. The molecule has 2 saturated carbocycles. The molecule has 9 amide bonds. The number of hydrogen-bond acceptors (Lipinski definition) is 26. The first-order valence-electron chi connectivity index (χ1n) is 51.3. The van der Waals surface area contributed by atoms with Gasteiger partial charge in [0, 0.05) is 75.0 Å². The van der Waals surface area contributed by atoms with Crippen LogP contribution in [0.15, 0.2) is 96.3 Å². The second-order valence-corrected chi connectivity index (χ2v) is 40.9. The molecule has 5 aliphatic carbocycles. The normalized spacial score (nSPS) is 22.1. The maximum Gasteiger partial charge on any atom is 0.246 e. The van der Waals surface area contributed by atoms with Gasteiger partial charge in [-0.2, -0.15) is 0 Å². The number of benzene rings is 4. The lowest BCUT2D eigenvalue weighted by Crippen LogP contribution is -2.60. The molecule has 2 aliphatic heterocycles. The van der Waals surface area contributed by atoms with Crippen molar-refractivity contribution in [3.8, 4) is 5.75 Å². The van der Waals surface area contributed by atoms with E-state index in [1.807, 2.05) is 119 Å². The summed E-state index contributed by atoms with van der Waals surface area (Å²) in [5.41, 5.74) is 18.6. The quantitative estimate of drug-likeness (QED) is 0.00645. The standard InChI is InChI=1S/C106H159N15O20/c1-72(2)95(86(123)67-73(3)99(129)112-77-34-30-74-32-36-88-103(4,81(74)68-77)42-21-44-105(88,6)101(131)115-102(132)106(7)45-22-43-104(5)82-69-78(122)35-31-75(82)33-37-89(104)106)114-100(130)83(26-19-20-46-109-93(127)71-141-87-29-14-12-13-28-85-98(87)117-118-120(85)49-54-136-58-62-140-66-64-137-59-55-133-51-40-91(125)110-47-50-121(9,10)11)113-92(126)41-52-134-56-60-138-63-65-139-61-57-135-53-48-111-90(124)38-39-94(128)119-70-76-23-15-16-24-79(76)96(108-8)97(116-107)80-25-17-18-27-84(80)119/h15-18,23-25,27,30-31,34-35,68-69,72-73,83,87-89,95,108,116-118H,12-14,19-22,26,28-29,32-33,36-67,70-71,107H2,1-11H3,(H7-,109,110,111,112,113,114,115,122,124,125,126,127,129,130,131,132)/p+1/b97-96-/t73-,83-,87?,88-,89-,95+,103-,104-,105+,106+/m1/s1. The number of likely N-dealkylation sites (N-methyl/N-ethyl adjacent to an activating group) is 1. The van der Waals surface area contributed by atoms with Crippen molar-refractivity contribution in [2.45, 2.75) is 232 Å². The van der Waals surface area contributed by atoms with E-state index in [-0.39, 0.29) is 181 Å². The number of aryl methyl sites for hydroxylation is 2. The molecule has 0 saturated heterocycles.